The number of nitrogens with two attached hydrogens (primary N) is 2. The van der Waals surface area contributed by atoms with Crippen molar-refractivity contribution in [3.05, 3.63) is 29.8 Å². The molecule has 14 heteroatoms. The van der Waals surface area contributed by atoms with Gasteiger partial charge >= 0.3 is 5.97 Å². The smallest absolute Gasteiger partial charge is 0.328 e. The Morgan fingerprint density at radius 2 is 1.30 bits per heavy atom. The molecule has 0 spiro atoms. The predicted molar refractivity (Wildman–Crippen MR) is 111 cm³/mol. The number of hydrogen-bond donors (Lipinski definition) is 9. The Morgan fingerprint density at radius 3 is 1.79 bits per heavy atom. The molecule has 14 nitrogen and oxygen atoms in total. The second-order valence-electron chi connectivity index (χ2n) is 7.03. The third-order valence-electron chi connectivity index (χ3n) is 4.38. The van der Waals surface area contributed by atoms with E-state index in [0.717, 1.165) is 0 Å². The Morgan fingerprint density at radius 1 is 0.818 bits per heavy atom. The van der Waals surface area contributed by atoms with Gasteiger partial charge in [0, 0.05) is 6.42 Å². The first-order valence-electron chi connectivity index (χ1n) is 9.65. The number of aromatic hydroxyl groups is 1. The Balaban J connectivity index is 3.01. The number of rotatable bonds is 13. The van der Waals surface area contributed by atoms with E-state index < -0.39 is 73.4 Å². The van der Waals surface area contributed by atoms with Crippen LogP contribution in [0.25, 0.3) is 0 Å². The molecule has 4 unspecified atom stereocenters. The summed E-state index contributed by atoms with van der Waals surface area (Å²) < 4.78 is 0. The van der Waals surface area contributed by atoms with Crippen molar-refractivity contribution in [1.82, 2.24) is 16.0 Å². The molecule has 0 aromatic heterocycles. The van der Waals surface area contributed by atoms with Crippen LogP contribution >= 0.6 is 0 Å². The molecule has 4 amide bonds. The summed E-state index contributed by atoms with van der Waals surface area (Å²) in [5.41, 5.74) is 11.1. The third kappa shape index (κ3) is 9.10. The van der Waals surface area contributed by atoms with Crippen LogP contribution in [-0.4, -0.2) is 87.4 Å². The topological polar surface area (TPSA) is 254 Å². The molecule has 0 radical (unpaired) electrons. The van der Waals surface area contributed by atoms with Gasteiger partial charge in [-0.25, -0.2) is 4.79 Å². The molecule has 0 aliphatic carbocycles. The van der Waals surface area contributed by atoms with Crippen molar-refractivity contribution >= 4 is 29.6 Å². The number of carbonyl (C=O) groups is 5. The largest absolute Gasteiger partial charge is 0.508 e. The molecule has 1 aromatic rings. The lowest BCUT2D eigenvalue weighted by Gasteiger charge is -2.24. The molecule has 0 saturated heterocycles. The molecule has 33 heavy (non-hydrogen) atoms. The van der Waals surface area contributed by atoms with E-state index in [4.69, 9.17) is 21.7 Å². The number of nitrogens with one attached hydrogen (secondary N) is 3. The standard InChI is InChI=1S/C19H27N5O9/c20-11(6-15(21)28)16(29)22-12(5-9-1-3-10(27)4-2-9)17(30)23-13(7-25)18(31)24-14(8-26)19(32)33/h1-4,11-14,25-27H,5-8,20H2,(H2,21,28)(H,22,29)(H,23,30)(H,24,31)(H,32,33). The molecule has 182 valence electrons. The molecule has 0 bridgehead atoms. The number of carboxylic acids is 1. The van der Waals surface area contributed by atoms with Crippen molar-refractivity contribution in [3.8, 4) is 5.75 Å². The van der Waals surface area contributed by atoms with Crippen LogP contribution in [0.15, 0.2) is 24.3 Å². The van der Waals surface area contributed by atoms with Crippen LogP contribution in [0.5, 0.6) is 5.75 Å². The minimum Gasteiger partial charge on any atom is -0.508 e. The van der Waals surface area contributed by atoms with Gasteiger partial charge in [0.05, 0.1) is 25.7 Å². The zero-order valence-corrected chi connectivity index (χ0v) is 17.4. The molecular weight excluding hydrogens is 442 g/mol. The number of phenols is 1. The van der Waals surface area contributed by atoms with E-state index in [1.54, 1.807) is 0 Å². The van der Waals surface area contributed by atoms with Gasteiger partial charge in [-0.3, -0.25) is 19.2 Å². The number of phenolic OH excluding ortho intramolecular Hbond substituents is 1. The number of amides is 4. The van der Waals surface area contributed by atoms with Crippen molar-refractivity contribution < 1.29 is 44.4 Å². The van der Waals surface area contributed by atoms with Crippen molar-refractivity contribution in [2.24, 2.45) is 11.5 Å². The Kier molecular flexibility index (Phi) is 10.7. The Bertz CT molecular complexity index is 862. The van der Waals surface area contributed by atoms with Crippen LogP contribution in [0.2, 0.25) is 0 Å². The second-order valence-corrected chi connectivity index (χ2v) is 7.03. The Hall–Kier alpha value is -3.75. The van der Waals surface area contributed by atoms with E-state index >= 15 is 0 Å². The monoisotopic (exact) mass is 469 g/mol. The van der Waals surface area contributed by atoms with Crippen molar-refractivity contribution in [3.63, 3.8) is 0 Å². The second kappa shape index (κ2) is 12.9. The quantitative estimate of drug-likeness (QED) is 0.134. The molecule has 0 heterocycles. The Labute approximate surface area is 187 Å². The maximum atomic E-state index is 12.8. The van der Waals surface area contributed by atoms with Crippen LogP contribution in [0.1, 0.15) is 12.0 Å². The van der Waals surface area contributed by atoms with Crippen molar-refractivity contribution in [1.29, 1.82) is 0 Å². The van der Waals surface area contributed by atoms with E-state index in [9.17, 15) is 34.2 Å². The summed E-state index contributed by atoms with van der Waals surface area (Å²) in [5, 5.41) is 43.3. The summed E-state index contributed by atoms with van der Waals surface area (Å²) in [6.07, 6.45) is -0.617. The maximum Gasteiger partial charge on any atom is 0.328 e. The summed E-state index contributed by atoms with van der Waals surface area (Å²) in [4.78, 5) is 59.3. The van der Waals surface area contributed by atoms with Crippen molar-refractivity contribution in [2.45, 2.75) is 37.0 Å². The first-order chi connectivity index (χ1) is 15.5. The zero-order valence-electron chi connectivity index (χ0n) is 17.4. The van der Waals surface area contributed by atoms with E-state index in [0.29, 0.717) is 5.56 Å². The summed E-state index contributed by atoms with van der Waals surface area (Å²) in [6.45, 7) is -1.85. The summed E-state index contributed by atoms with van der Waals surface area (Å²) >= 11 is 0. The first-order valence-corrected chi connectivity index (χ1v) is 9.65. The molecule has 0 saturated carbocycles. The normalized spacial score (nSPS) is 14.3. The zero-order chi connectivity index (χ0) is 25.1. The average Bonchev–Trinajstić information content (AvgIpc) is 2.75. The average molecular weight is 469 g/mol. The number of carboxylic acid groups (broad SMARTS) is 1. The summed E-state index contributed by atoms with van der Waals surface area (Å²) in [6, 6.07) is -0.329. The van der Waals surface area contributed by atoms with Crippen molar-refractivity contribution in [2.75, 3.05) is 13.2 Å². The predicted octanol–water partition coefficient (Wildman–Crippen LogP) is -4.34. The van der Waals surface area contributed by atoms with Gasteiger partial charge in [-0.05, 0) is 17.7 Å². The summed E-state index contributed by atoms with van der Waals surface area (Å²) in [7, 11) is 0. The minimum atomic E-state index is -1.66. The van der Waals surface area contributed by atoms with E-state index in [1.807, 2.05) is 5.32 Å². The maximum absolute atomic E-state index is 12.8. The fourth-order valence-electron chi connectivity index (χ4n) is 2.59. The molecule has 0 aliphatic rings. The third-order valence-corrected chi connectivity index (χ3v) is 4.38. The van der Waals surface area contributed by atoms with Gasteiger partial charge < -0.3 is 47.8 Å². The highest BCUT2D eigenvalue weighted by molar-refractivity contribution is 5.95. The van der Waals surface area contributed by atoms with Crippen LogP contribution < -0.4 is 27.4 Å². The van der Waals surface area contributed by atoms with Crippen LogP contribution in [0.4, 0.5) is 0 Å². The number of aliphatic carboxylic acids is 1. The highest BCUT2D eigenvalue weighted by atomic mass is 16.4. The highest BCUT2D eigenvalue weighted by Crippen LogP contribution is 2.12. The number of carbonyl (C=O) groups excluding carboxylic acids is 4. The lowest BCUT2D eigenvalue weighted by atomic mass is 10.0. The number of hydrogen-bond acceptors (Lipinski definition) is 9. The lowest BCUT2D eigenvalue weighted by molar-refractivity contribution is -0.143. The number of aliphatic hydroxyl groups excluding tert-OH is 2. The molecule has 11 N–H and O–H groups in total. The van der Waals surface area contributed by atoms with Crippen LogP contribution in [0, 0.1) is 0 Å². The van der Waals surface area contributed by atoms with Gasteiger partial charge in [-0.15, -0.1) is 0 Å². The van der Waals surface area contributed by atoms with Gasteiger partial charge in [0.25, 0.3) is 0 Å². The molecule has 0 fully saturated rings. The van der Waals surface area contributed by atoms with E-state index in [-0.39, 0.29) is 12.2 Å². The molecule has 1 rings (SSSR count). The van der Waals surface area contributed by atoms with Gasteiger partial charge in [-0.1, -0.05) is 12.1 Å². The number of benzene rings is 1. The van der Waals surface area contributed by atoms with E-state index in [2.05, 4.69) is 10.6 Å². The molecule has 1 aromatic carbocycles. The molecular formula is C19H27N5O9. The van der Waals surface area contributed by atoms with Gasteiger partial charge in [0.15, 0.2) is 0 Å². The fraction of sp³-hybridized carbons (Fsp3) is 0.421. The van der Waals surface area contributed by atoms with Crippen LogP contribution in [-0.2, 0) is 30.4 Å². The number of aliphatic hydroxyl groups is 2. The highest BCUT2D eigenvalue weighted by Gasteiger charge is 2.30. The SMILES string of the molecule is NC(=O)CC(N)C(=O)NC(Cc1ccc(O)cc1)C(=O)NC(CO)C(=O)NC(CO)C(=O)O. The van der Waals surface area contributed by atoms with Crippen LogP contribution in [0.3, 0.4) is 0 Å². The van der Waals surface area contributed by atoms with E-state index in [1.165, 1.54) is 24.3 Å². The van der Waals surface area contributed by atoms with Gasteiger partial charge in [0.2, 0.25) is 23.6 Å². The lowest BCUT2D eigenvalue weighted by Crippen LogP contribution is -2.59. The number of primary amides is 1. The fourth-order valence-corrected chi connectivity index (χ4v) is 2.59. The molecule has 4 atom stereocenters. The molecule has 0 aliphatic heterocycles. The minimum absolute atomic E-state index is 0.0406. The summed E-state index contributed by atoms with van der Waals surface area (Å²) in [5.74, 6) is -5.33. The van der Waals surface area contributed by atoms with Gasteiger partial charge in [0.1, 0.15) is 23.9 Å². The van der Waals surface area contributed by atoms with Gasteiger partial charge in [-0.2, -0.15) is 0 Å². The first kappa shape index (κ1) is 27.3.